The van der Waals surface area contributed by atoms with Gasteiger partial charge in [-0.25, -0.2) is 4.79 Å². The molecule has 0 fully saturated rings. The Morgan fingerprint density at radius 3 is 2.23 bits per heavy atom. The molecule has 0 saturated carbocycles. The summed E-state index contributed by atoms with van der Waals surface area (Å²) in [5.41, 5.74) is -1.04. The largest absolute Gasteiger partial charge is 0.504 e. The zero-order valence-corrected chi connectivity index (χ0v) is 17.7. The molecular formula is C21H11Cl3O7. The van der Waals surface area contributed by atoms with Crippen molar-refractivity contribution in [3.63, 3.8) is 0 Å². The number of aromatic carboxylic acids is 1. The Morgan fingerprint density at radius 2 is 1.58 bits per heavy atom. The van der Waals surface area contributed by atoms with Gasteiger partial charge < -0.3 is 24.8 Å². The molecule has 0 radical (unpaired) electrons. The average Bonchev–Trinajstić information content (AvgIpc) is 2.73. The van der Waals surface area contributed by atoms with Crippen molar-refractivity contribution in [1.82, 2.24) is 0 Å². The fourth-order valence-electron chi connectivity index (χ4n) is 3.44. The summed E-state index contributed by atoms with van der Waals surface area (Å²) in [7, 11) is 0. The summed E-state index contributed by atoms with van der Waals surface area (Å²) in [6, 6.07) is 4.93. The van der Waals surface area contributed by atoms with E-state index in [-0.39, 0.29) is 48.5 Å². The van der Waals surface area contributed by atoms with Crippen molar-refractivity contribution in [2.75, 3.05) is 0 Å². The van der Waals surface area contributed by atoms with Gasteiger partial charge in [0.1, 0.15) is 0 Å². The maximum atomic E-state index is 12.1. The van der Waals surface area contributed by atoms with Gasteiger partial charge in [-0.05, 0) is 36.8 Å². The molecule has 2 aromatic carbocycles. The molecule has 0 saturated heterocycles. The number of hydrogen-bond donors (Lipinski definition) is 4. The lowest BCUT2D eigenvalue weighted by atomic mass is 9.89. The van der Waals surface area contributed by atoms with Crippen LogP contribution >= 0.6 is 34.8 Å². The van der Waals surface area contributed by atoms with E-state index in [1.165, 1.54) is 18.2 Å². The monoisotopic (exact) mass is 480 g/mol. The molecule has 0 spiro atoms. The molecule has 1 aliphatic carbocycles. The summed E-state index contributed by atoms with van der Waals surface area (Å²) >= 11 is 18.9. The Morgan fingerprint density at radius 1 is 0.903 bits per heavy atom. The highest BCUT2D eigenvalue weighted by molar-refractivity contribution is 6.47. The number of fused-ring (bicyclic) bond motifs is 2. The maximum absolute atomic E-state index is 12.1. The van der Waals surface area contributed by atoms with Gasteiger partial charge in [0.25, 0.3) is 0 Å². The van der Waals surface area contributed by atoms with Gasteiger partial charge in [-0.1, -0.05) is 34.8 Å². The summed E-state index contributed by atoms with van der Waals surface area (Å²) in [5.74, 6) is -3.76. The van der Waals surface area contributed by atoms with Gasteiger partial charge in [-0.3, -0.25) is 4.79 Å². The highest BCUT2D eigenvalue weighted by Crippen LogP contribution is 2.51. The molecule has 2 aromatic rings. The number of aromatic hydroxyl groups is 3. The summed E-state index contributed by atoms with van der Waals surface area (Å²) in [6.45, 7) is 1.54. The number of halogens is 3. The van der Waals surface area contributed by atoms with Gasteiger partial charge in [-0.2, -0.15) is 0 Å². The normalized spacial score (nSPS) is 11.4. The van der Waals surface area contributed by atoms with Crippen LogP contribution in [0, 0.1) is 6.92 Å². The average molecular weight is 482 g/mol. The van der Waals surface area contributed by atoms with Crippen LogP contribution in [0.5, 0.6) is 17.2 Å². The third-order valence-corrected chi connectivity index (χ3v) is 6.37. The molecule has 1 aliphatic heterocycles. The summed E-state index contributed by atoms with van der Waals surface area (Å²) < 4.78 is 5.55. The van der Waals surface area contributed by atoms with Crippen LogP contribution in [0.15, 0.2) is 33.5 Å². The fourth-order valence-corrected chi connectivity index (χ4v) is 4.28. The lowest BCUT2D eigenvalue weighted by Gasteiger charge is -2.21. The minimum absolute atomic E-state index is 0.0427. The first-order chi connectivity index (χ1) is 14.6. The molecular weight excluding hydrogens is 471 g/mol. The first kappa shape index (κ1) is 21.1. The number of phenols is 3. The predicted octanol–water partition coefficient (Wildman–Crippen LogP) is 5.65. The standard InChI is InChI=1S/C21H11Cl3O7/c1-6-14(22)12(13(21(29)30)16(24)15(6)23)11-7-2-4-9(25)17(27)19(7)31-20-8(11)3-5-10(26)18(20)28/h2-5,25,27-28H,1H3,(H,29,30). The molecule has 2 aliphatic rings. The number of rotatable bonds is 2. The van der Waals surface area contributed by atoms with Crippen LogP contribution in [0.4, 0.5) is 0 Å². The van der Waals surface area contributed by atoms with Crippen LogP contribution in [-0.2, 0) is 0 Å². The number of hydrogen-bond acceptors (Lipinski definition) is 6. The lowest BCUT2D eigenvalue weighted by molar-refractivity contribution is 0.0698. The number of benzene rings is 3. The molecule has 31 heavy (non-hydrogen) atoms. The van der Waals surface area contributed by atoms with Crippen molar-refractivity contribution in [3.8, 4) is 39.7 Å². The van der Waals surface area contributed by atoms with E-state index >= 15 is 0 Å². The second-order valence-electron chi connectivity index (χ2n) is 6.70. The Bertz CT molecular complexity index is 1460. The summed E-state index contributed by atoms with van der Waals surface area (Å²) in [6.07, 6.45) is 0. The van der Waals surface area contributed by atoms with E-state index in [0.717, 1.165) is 6.07 Å². The van der Waals surface area contributed by atoms with Crippen LogP contribution < -0.4 is 5.43 Å². The zero-order chi connectivity index (χ0) is 22.8. The first-order valence-corrected chi connectivity index (χ1v) is 9.73. The smallest absolute Gasteiger partial charge is 0.337 e. The van der Waals surface area contributed by atoms with Gasteiger partial charge in [0.15, 0.2) is 17.1 Å². The third kappa shape index (κ3) is 2.96. The highest BCUT2D eigenvalue weighted by Gasteiger charge is 2.31. The molecule has 0 unspecified atom stereocenters. The van der Waals surface area contributed by atoms with Gasteiger partial charge in [-0.15, -0.1) is 0 Å². The Kier molecular flexibility index (Phi) is 4.93. The van der Waals surface area contributed by atoms with Crippen LogP contribution in [0.2, 0.25) is 15.1 Å². The Balaban J connectivity index is 2.37. The van der Waals surface area contributed by atoms with Gasteiger partial charge in [0.05, 0.1) is 20.6 Å². The van der Waals surface area contributed by atoms with Crippen molar-refractivity contribution in [2.45, 2.75) is 6.92 Å². The SMILES string of the molecule is Cc1c(Cl)c(Cl)c(C(=O)O)c(-c2c3ccc(=O)c(O)c-3oc3c(O)c(O)ccc23)c1Cl. The summed E-state index contributed by atoms with van der Waals surface area (Å²) in [5, 5.41) is 40.2. The lowest BCUT2D eigenvalue weighted by Crippen LogP contribution is -2.07. The predicted molar refractivity (Wildman–Crippen MR) is 116 cm³/mol. The third-order valence-electron chi connectivity index (χ3n) is 4.95. The topological polar surface area (TPSA) is 128 Å². The first-order valence-electron chi connectivity index (χ1n) is 8.60. The van der Waals surface area contributed by atoms with Crippen molar-refractivity contribution in [3.05, 3.63) is 60.7 Å². The zero-order valence-electron chi connectivity index (χ0n) is 15.5. The molecule has 0 aromatic heterocycles. The molecule has 0 atom stereocenters. The molecule has 4 rings (SSSR count). The van der Waals surface area contributed by atoms with Crippen LogP contribution in [-0.4, -0.2) is 26.4 Å². The van der Waals surface area contributed by atoms with E-state index in [0.29, 0.717) is 5.56 Å². The van der Waals surface area contributed by atoms with Crippen molar-refractivity contribution in [1.29, 1.82) is 0 Å². The van der Waals surface area contributed by atoms with Gasteiger partial charge in [0.2, 0.25) is 16.9 Å². The number of carboxylic acids is 1. The van der Waals surface area contributed by atoms with E-state index in [4.69, 9.17) is 39.2 Å². The minimum Gasteiger partial charge on any atom is -0.504 e. The van der Waals surface area contributed by atoms with Crippen molar-refractivity contribution in [2.24, 2.45) is 0 Å². The quantitative estimate of drug-likeness (QED) is 0.165. The number of carbonyl (C=O) groups is 1. The molecule has 158 valence electrons. The van der Waals surface area contributed by atoms with Gasteiger partial charge in [0, 0.05) is 22.1 Å². The second kappa shape index (κ2) is 7.23. The summed E-state index contributed by atoms with van der Waals surface area (Å²) in [4.78, 5) is 24.1. The van der Waals surface area contributed by atoms with Crippen molar-refractivity contribution < 1.29 is 29.6 Å². The molecule has 10 heteroatoms. The fraction of sp³-hybridized carbons (Fsp3) is 0.0476. The van der Waals surface area contributed by atoms with Crippen LogP contribution in [0.1, 0.15) is 15.9 Å². The van der Waals surface area contributed by atoms with E-state index in [9.17, 15) is 30.0 Å². The van der Waals surface area contributed by atoms with Crippen molar-refractivity contribution >= 4 is 51.7 Å². The molecule has 0 amide bonds. The van der Waals surface area contributed by atoms with Gasteiger partial charge >= 0.3 is 5.97 Å². The molecule has 7 nitrogen and oxygen atoms in total. The maximum Gasteiger partial charge on any atom is 0.337 e. The van der Waals surface area contributed by atoms with E-state index in [1.54, 1.807) is 6.92 Å². The number of phenolic OH excluding ortho intramolecular Hbond substituents is 3. The minimum atomic E-state index is -1.43. The molecule has 0 bridgehead atoms. The highest BCUT2D eigenvalue weighted by atomic mass is 35.5. The Hall–Kier alpha value is -3.13. The van der Waals surface area contributed by atoms with E-state index < -0.39 is 34.2 Å². The molecule has 1 heterocycles. The second-order valence-corrected chi connectivity index (χ2v) is 7.83. The number of carboxylic acid groups (broad SMARTS) is 1. The van der Waals surface area contributed by atoms with E-state index in [1.807, 2.05) is 0 Å². The molecule has 4 N–H and O–H groups in total. The Labute approximate surface area is 188 Å². The van der Waals surface area contributed by atoms with E-state index in [2.05, 4.69) is 0 Å². The van der Waals surface area contributed by atoms with Crippen LogP contribution in [0.25, 0.3) is 33.4 Å². The van der Waals surface area contributed by atoms with Crippen LogP contribution in [0.3, 0.4) is 0 Å².